The number of allylic oxidation sites excluding steroid dienone is 2. The molecule has 2 saturated heterocycles. The Kier molecular flexibility index (Phi) is 11.1. The van der Waals surface area contributed by atoms with Crippen LogP contribution in [-0.2, 0) is 20.4 Å². The van der Waals surface area contributed by atoms with Gasteiger partial charge in [0.05, 0.1) is 11.2 Å². The average Bonchev–Trinajstić information content (AvgIpc) is 3.52. The molecule has 2 heterocycles. The van der Waals surface area contributed by atoms with Crippen molar-refractivity contribution < 1.29 is 32.2 Å². The predicted molar refractivity (Wildman–Crippen MR) is 155 cm³/mol. The SMILES string of the molecule is C=C1C(=O)OC2C1CCC(C)=CCCC1(C)OC21.CNCCC(Oc1ccc(C(F)(F)F)cc1)c1ccccc1.Cl. The van der Waals surface area contributed by atoms with Gasteiger partial charge in [0.1, 0.15) is 24.1 Å². The highest BCUT2D eigenvalue weighted by Gasteiger charge is 2.61. The number of benzene rings is 2. The molecule has 2 aliphatic heterocycles. The molecule has 0 bridgehead atoms. The van der Waals surface area contributed by atoms with Crippen molar-refractivity contribution in [3.8, 4) is 5.75 Å². The second kappa shape index (κ2) is 13.9. The predicted octanol–water partition coefficient (Wildman–Crippen LogP) is 7.62. The van der Waals surface area contributed by atoms with Crippen molar-refractivity contribution in [1.82, 2.24) is 5.32 Å². The molecule has 3 aliphatic rings. The van der Waals surface area contributed by atoms with Crippen LogP contribution in [-0.4, -0.2) is 37.4 Å². The van der Waals surface area contributed by atoms with E-state index in [1.165, 1.54) is 17.7 Å². The summed E-state index contributed by atoms with van der Waals surface area (Å²) < 4.78 is 54.9. The Hall–Kier alpha value is -2.81. The topological polar surface area (TPSA) is 60.1 Å². The maximum atomic E-state index is 12.6. The van der Waals surface area contributed by atoms with E-state index in [-0.39, 0.29) is 48.2 Å². The summed E-state index contributed by atoms with van der Waals surface area (Å²) in [5, 5.41) is 3.05. The first-order valence-corrected chi connectivity index (χ1v) is 13.8. The average molecular weight is 594 g/mol. The van der Waals surface area contributed by atoms with E-state index in [4.69, 9.17) is 14.2 Å². The van der Waals surface area contributed by atoms with Gasteiger partial charge in [-0.05, 0) is 83.0 Å². The van der Waals surface area contributed by atoms with Crippen LogP contribution >= 0.6 is 12.4 Å². The van der Waals surface area contributed by atoms with E-state index in [0.29, 0.717) is 11.3 Å². The van der Waals surface area contributed by atoms with Gasteiger partial charge in [-0.2, -0.15) is 13.2 Å². The number of nitrogens with one attached hydrogen (secondary N) is 1. The summed E-state index contributed by atoms with van der Waals surface area (Å²) >= 11 is 0. The zero-order chi connectivity index (χ0) is 28.9. The molecule has 0 amide bonds. The van der Waals surface area contributed by atoms with E-state index < -0.39 is 11.7 Å². The van der Waals surface area contributed by atoms with Gasteiger partial charge in [0.25, 0.3) is 0 Å². The van der Waals surface area contributed by atoms with Gasteiger partial charge >= 0.3 is 12.1 Å². The molecule has 0 spiro atoms. The van der Waals surface area contributed by atoms with Gasteiger partial charge in [-0.25, -0.2) is 4.79 Å². The number of carbonyl (C=O) groups excluding carboxylic acids is 1. The van der Waals surface area contributed by atoms with E-state index in [1.807, 2.05) is 37.4 Å². The van der Waals surface area contributed by atoms with Gasteiger partial charge in [-0.15, -0.1) is 12.4 Å². The number of carbonyl (C=O) groups is 1. The molecule has 41 heavy (non-hydrogen) atoms. The van der Waals surface area contributed by atoms with E-state index >= 15 is 0 Å². The second-order valence-electron chi connectivity index (χ2n) is 10.9. The number of halogens is 4. The quantitative estimate of drug-likeness (QED) is 0.162. The molecule has 2 aromatic rings. The summed E-state index contributed by atoms with van der Waals surface area (Å²) in [6.07, 6.45) is 2.44. The monoisotopic (exact) mass is 593 g/mol. The highest BCUT2D eigenvalue weighted by atomic mass is 35.5. The Labute approximate surface area is 246 Å². The van der Waals surface area contributed by atoms with E-state index in [9.17, 15) is 18.0 Å². The van der Waals surface area contributed by atoms with Crippen molar-refractivity contribution >= 4 is 18.4 Å². The molecule has 2 fully saturated rings. The van der Waals surface area contributed by atoms with Gasteiger partial charge in [-0.3, -0.25) is 0 Å². The van der Waals surface area contributed by atoms with E-state index in [2.05, 4.69) is 31.8 Å². The highest BCUT2D eigenvalue weighted by molar-refractivity contribution is 5.91. The minimum Gasteiger partial charge on any atom is -0.486 e. The third kappa shape index (κ3) is 8.37. The summed E-state index contributed by atoms with van der Waals surface area (Å²) in [7, 11) is 1.85. The second-order valence-corrected chi connectivity index (χ2v) is 10.9. The molecule has 0 radical (unpaired) electrons. The molecular formula is C32H39ClF3NO4. The molecule has 5 unspecified atom stereocenters. The number of alkyl halides is 3. The highest BCUT2D eigenvalue weighted by Crippen LogP contribution is 2.49. The van der Waals surface area contributed by atoms with Crippen molar-refractivity contribution in [2.24, 2.45) is 5.92 Å². The normalized spacial score (nSPS) is 26.1. The Morgan fingerprint density at radius 2 is 1.83 bits per heavy atom. The molecule has 5 nitrogen and oxygen atoms in total. The third-order valence-electron chi connectivity index (χ3n) is 7.86. The largest absolute Gasteiger partial charge is 0.486 e. The first-order valence-electron chi connectivity index (χ1n) is 13.8. The van der Waals surface area contributed by atoms with Crippen LogP contribution in [0.2, 0.25) is 0 Å². The maximum absolute atomic E-state index is 12.6. The minimum atomic E-state index is -4.33. The number of hydrogen-bond acceptors (Lipinski definition) is 5. The van der Waals surface area contributed by atoms with Crippen LogP contribution in [0.3, 0.4) is 0 Å². The molecule has 224 valence electrons. The van der Waals surface area contributed by atoms with E-state index in [1.54, 1.807) is 0 Å². The number of fused-ring (bicyclic) bond motifs is 3. The smallest absolute Gasteiger partial charge is 0.416 e. The molecule has 5 atom stereocenters. The van der Waals surface area contributed by atoms with Crippen LogP contribution < -0.4 is 10.1 Å². The van der Waals surface area contributed by atoms with Gasteiger partial charge < -0.3 is 19.5 Å². The fourth-order valence-electron chi connectivity index (χ4n) is 5.33. The Morgan fingerprint density at radius 1 is 1.15 bits per heavy atom. The van der Waals surface area contributed by atoms with Crippen molar-refractivity contribution in [2.45, 2.75) is 76.0 Å². The van der Waals surface area contributed by atoms with Gasteiger partial charge in [-0.1, -0.05) is 48.6 Å². The van der Waals surface area contributed by atoms with E-state index in [0.717, 1.165) is 56.3 Å². The van der Waals surface area contributed by atoms with Crippen LogP contribution in [0.25, 0.3) is 0 Å². The van der Waals surface area contributed by atoms with Gasteiger partial charge in [0, 0.05) is 17.9 Å². The number of ether oxygens (including phenoxy) is 3. The van der Waals surface area contributed by atoms with Crippen molar-refractivity contribution in [3.05, 3.63) is 89.5 Å². The van der Waals surface area contributed by atoms with Crippen molar-refractivity contribution in [3.63, 3.8) is 0 Å². The van der Waals surface area contributed by atoms with Crippen LogP contribution in [0.15, 0.2) is 78.4 Å². The summed E-state index contributed by atoms with van der Waals surface area (Å²) in [5.74, 6) is 0.326. The lowest BCUT2D eigenvalue weighted by Crippen LogP contribution is -2.28. The molecule has 9 heteroatoms. The number of hydrogen-bond donors (Lipinski definition) is 1. The lowest BCUT2D eigenvalue weighted by molar-refractivity contribution is -0.140. The fraction of sp³-hybridized carbons (Fsp3) is 0.469. The standard InChI is InChI=1S/C17H18F3NO.C15H20O3.ClH/c1-21-12-11-16(13-5-3-2-4-6-13)22-15-9-7-14(8-10-15)17(18,19)20;1-9-5-4-8-15(3)13(18-15)12-11(7-6-9)10(2)14(16)17-12;/h2-10,16,21H,11-12H2,1H3;5,11-13H,2,4,6-8H2,1,3H3;1H. The van der Waals surface area contributed by atoms with Crippen LogP contribution in [0, 0.1) is 5.92 Å². The Morgan fingerprint density at radius 3 is 2.46 bits per heavy atom. The summed E-state index contributed by atoms with van der Waals surface area (Å²) in [4.78, 5) is 11.7. The third-order valence-corrected chi connectivity index (χ3v) is 7.86. The summed E-state index contributed by atoms with van der Waals surface area (Å²) in [6.45, 7) is 8.92. The number of epoxide rings is 1. The van der Waals surface area contributed by atoms with Crippen LogP contribution in [0.1, 0.15) is 63.2 Å². The zero-order valence-corrected chi connectivity index (χ0v) is 24.5. The Balaban J connectivity index is 0.000000224. The fourth-order valence-corrected chi connectivity index (χ4v) is 5.33. The minimum absolute atomic E-state index is 0. The molecule has 5 rings (SSSR count). The summed E-state index contributed by atoms with van der Waals surface area (Å²) in [6, 6.07) is 14.4. The molecule has 2 aromatic carbocycles. The molecule has 1 N–H and O–H groups in total. The van der Waals surface area contributed by atoms with Gasteiger partial charge in [0.15, 0.2) is 0 Å². The lowest BCUT2D eigenvalue weighted by atomic mass is 9.84. The van der Waals surface area contributed by atoms with Crippen LogP contribution in [0.5, 0.6) is 5.75 Å². The number of esters is 1. The first kappa shape index (κ1) is 32.7. The zero-order valence-electron chi connectivity index (χ0n) is 23.7. The van der Waals surface area contributed by atoms with Crippen molar-refractivity contribution in [1.29, 1.82) is 0 Å². The first-order chi connectivity index (χ1) is 19.0. The van der Waals surface area contributed by atoms with Crippen molar-refractivity contribution in [2.75, 3.05) is 13.6 Å². The molecule has 0 saturated carbocycles. The molecule has 0 aromatic heterocycles. The molecular weight excluding hydrogens is 555 g/mol. The summed E-state index contributed by atoms with van der Waals surface area (Å²) in [5.41, 5.74) is 2.24. The molecule has 1 aliphatic carbocycles. The number of rotatable bonds is 6. The van der Waals surface area contributed by atoms with Gasteiger partial charge in [0.2, 0.25) is 0 Å². The van der Waals surface area contributed by atoms with Crippen LogP contribution in [0.4, 0.5) is 13.2 Å². The lowest BCUT2D eigenvalue weighted by Gasteiger charge is -2.20. The maximum Gasteiger partial charge on any atom is 0.416 e. The Bertz CT molecular complexity index is 1200.